The Morgan fingerprint density at radius 1 is 1.59 bits per heavy atom. The van der Waals surface area contributed by atoms with Crippen molar-refractivity contribution in [2.45, 2.75) is 54.7 Å². The summed E-state index contributed by atoms with van der Waals surface area (Å²) in [6.07, 6.45) is 1.93. The molecule has 2 unspecified atom stereocenters. The van der Waals surface area contributed by atoms with Crippen LogP contribution in [0.15, 0.2) is 15.7 Å². The molecule has 0 aromatic carbocycles. The van der Waals surface area contributed by atoms with Crippen LogP contribution in [0, 0.1) is 0 Å². The molecule has 0 bridgehead atoms. The van der Waals surface area contributed by atoms with Crippen LogP contribution in [0.25, 0.3) is 0 Å². The normalized spacial score (nSPS) is 27.5. The topological polar surface area (TPSA) is 32.3 Å². The largest absolute Gasteiger partial charge is 0.389 e. The van der Waals surface area contributed by atoms with Gasteiger partial charge in [-0.05, 0) is 36.8 Å². The molecule has 1 aliphatic heterocycles. The Labute approximate surface area is 112 Å². The minimum absolute atomic E-state index is 0.408. The zero-order valence-corrected chi connectivity index (χ0v) is 12.3. The van der Waals surface area contributed by atoms with Gasteiger partial charge in [-0.1, -0.05) is 13.8 Å². The number of hydrogen-bond acceptors (Lipinski definition) is 4. The molecule has 0 saturated carbocycles. The maximum absolute atomic E-state index is 10.1. The van der Waals surface area contributed by atoms with Gasteiger partial charge < -0.3 is 10.4 Å². The van der Waals surface area contributed by atoms with Crippen molar-refractivity contribution >= 4 is 23.1 Å². The molecule has 1 aromatic rings. The lowest BCUT2D eigenvalue weighted by Crippen LogP contribution is -2.40. The Morgan fingerprint density at radius 2 is 2.35 bits per heavy atom. The highest BCUT2D eigenvalue weighted by Crippen LogP contribution is 2.43. The van der Waals surface area contributed by atoms with Crippen molar-refractivity contribution in [2.75, 3.05) is 6.54 Å². The van der Waals surface area contributed by atoms with Gasteiger partial charge in [-0.25, -0.2) is 0 Å². The number of rotatable bonds is 4. The van der Waals surface area contributed by atoms with Crippen LogP contribution in [0.2, 0.25) is 0 Å². The average molecular weight is 271 g/mol. The molecule has 2 rings (SSSR count). The highest BCUT2D eigenvalue weighted by molar-refractivity contribution is 8.01. The van der Waals surface area contributed by atoms with E-state index in [0.717, 1.165) is 12.8 Å². The Hall–Kier alpha value is -0.0300. The highest BCUT2D eigenvalue weighted by atomic mass is 32.2. The van der Waals surface area contributed by atoms with Crippen molar-refractivity contribution in [1.82, 2.24) is 5.32 Å². The first-order valence-electron chi connectivity index (χ1n) is 6.21. The summed E-state index contributed by atoms with van der Waals surface area (Å²) in [5, 5.41) is 16.4. The van der Waals surface area contributed by atoms with E-state index in [1.165, 1.54) is 9.77 Å². The summed E-state index contributed by atoms with van der Waals surface area (Å²) in [5.74, 6) is 0. The lowest BCUT2D eigenvalue weighted by molar-refractivity contribution is 0.0523. The molecule has 96 valence electrons. The van der Waals surface area contributed by atoms with Crippen molar-refractivity contribution in [3.63, 3.8) is 0 Å². The van der Waals surface area contributed by atoms with E-state index in [0.29, 0.717) is 17.8 Å². The lowest BCUT2D eigenvalue weighted by atomic mass is 10.0. The number of aliphatic hydroxyl groups is 1. The van der Waals surface area contributed by atoms with Crippen molar-refractivity contribution in [3.05, 3.63) is 17.0 Å². The SMILES string of the molecule is CCC(C)(O)CNC1C[C@H](C)Sc2sccc21. The van der Waals surface area contributed by atoms with Crippen molar-refractivity contribution in [1.29, 1.82) is 0 Å². The molecule has 0 amide bonds. The molecule has 4 heteroatoms. The highest BCUT2D eigenvalue weighted by Gasteiger charge is 2.28. The second-order valence-corrected chi connectivity index (χ2v) is 7.73. The second kappa shape index (κ2) is 5.31. The Kier molecular flexibility index (Phi) is 4.18. The first-order valence-corrected chi connectivity index (χ1v) is 7.97. The molecular formula is C13H21NOS2. The summed E-state index contributed by atoms with van der Waals surface area (Å²) in [4.78, 5) is 0. The third-order valence-electron chi connectivity index (χ3n) is 3.40. The maximum Gasteiger partial charge on any atom is 0.0741 e. The molecule has 0 spiro atoms. The average Bonchev–Trinajstić information content (AvgIpc) is 2.73. The summed E-state index contributed by atoms with van der Waals surface area (Å²) in [5.41, 5.74) is 0.828. The van der Waals surface area contributed by atoms with E-state index < -0.39 is 5.60 Å². The fourth-order valence-corrected chi connectivity index (χ4v) is 4.58. The second-order valence-electron chi connectivity index (χ2n) is 5.11. The smallest absolute Gasteiger partial charge is 0.0741 e. The predicted molar refractivity (Wildman–Crippen MR) is 75.9 cm³/mol. The zero-order chi connectivity index (χ0) is 12.5. The van der Waals surface area contributed by atoms with E-state index in [4.69, 9.17) is 0 Å². The van der Waals surface area contributed by atoms with Crippen LogP contribution in [-0.2, 0) is 0 Å². The first kappa shape index (κ1) is 13.4. The van der Waals surface area contributed by atoms with E-state index in [1.807, 2.05) is 36.9 Å². The number of thioether (sulfide) groups is 1. The van der Waals surface area contributed by atoms with Gasteiger partial charge in [-0.2, -0.15) is 0 Å². The molecular weight excluding hydrogens is 250 g/mol. The van der Waals surface area contributed by atoms with Crippen LogP contribution >= 0.6 is 23.1 Å². The molecule has 3 atom stereocenters. The van der Waals surface area contributed by atoms with Crippen LogP contribution in [0.1, 0.15) is 45.2 Å². The van der Waals surface area contributed by atoms with E-state index in [1.54, 1.807) is 0 Å². The molecule has 1 aliphatic rings. The van der Waals surface area contributed by atoms with Crippen LogP contribution in [-0.4, -0.2) is 22.5 Å². The van der Waals surface area contributed by atoms with Gasteiger partial charge in [0.25, 0.3) is 0 Å². The minimum Gasteiger partial charge on any atom is -0.389 e. The lowest BCUT2D eigenvalue weighted by Gasteiger charge is -2.31. The number of thiophene rings is 1. The van der Waals surface area contributed by atoms with E-state index >= 15 is 0 Å². The summed E-state index contributed by atoms with van der Waals surface area (Å²) in [6.45, 7) is 6.87. The predicted octanol–water partition coefficient (Wildman–Crippen LogP) is 3.42. The van der Waals surface area contributed by atoms with Gasteiger partial charge in [0.15, 0.2) is 0 Å². The quantitative estimate of drug-likeness (QED) is 0.880. The molecule has 2 N–H and O–H groups in total. The Morgan fingerprint density at radius 3 is 3.06 bits per heavy atom. The van der Waals surface area contributed by atoms with Crippen LogP contribution in [0.3, 0.4) is 0 Å². The van der Waals surface area contributed by atoms with Gasteiger partial charge in [-0.3, -0.25) is 0 Å². The first-order chi connectivity index (χ1) is 8.02. The molecule has 0 radical (unpaired) electrons. The van der Waals surface area contributed by atoms with Crippen LogP contribution in [0.4, 0.5) is 0 Å². The maximum atomic E-state index is 10.1. The van der Waals surface area contributed by atoms with Crippen molar-refractivity contribution in [3.8, 4) is 0 Å². The van der Waals surface area contributed by atoms with Gasteiger partial charge in [0.05, 0.1) is 9.81 Å². The van der Waals surface area contributed by atoms with Crippen molar-refractivity contribution in [2.24, 2.45) is 0 Å². The Bertz CT molecular complexity index is 375. The molecule has 0 aliphatic carbocycles. The number of fused-ring (bicyclic) bond motifs is 1. The van der Waals surface area contributed by atoms with Crippen LogP contribution < -0.4 is 5.32 Å². The molecule has 17 heavy (non-hydrogen) atoms. The molecule has 2 heterocycles. The molecule has 1 aromatic heterocycles. The van der Waals surface area contributed by atoms with E-state index in [-0.39, 0.29) is 0 Å². The van der Waals surface area contributed by atoms with Gasteiger partial charge in [0, 0.05) is 17.8 Å². The van der Waals surface area contributed by atoms with Gasteiger partial charge >= 0.3 is 0 Å². The van der Waals surface area contributed by atoms with Gasteiger partial charge in [-0.15, -0.1) is 23.1 Å². The van der Waals surface area contributed by atoms with Gasteiger partial charge in [0.2, 0.25) is 0 Å². The standard InChI is InChI=1S/C13H21NOS2/c1-4-13(3,15)8-14-11-7-9(2)17-12-10(11)5-6-16-12/h5-6,9,11,14-15H,4,7-8H2,1-3H3/t9-,11?,13?/m0/s1. The fourth-order valence-electron chi connectivity index (χ4n) is 2.01. The number of hydrogen-bond donors (Lipinski definition) is 2. The van der Waals surface area contributed by atoms with E-state index in [9.17, 15) is 5.11 Å². The summed E-state index contributed by atoms with van der Waals surface area (Å²) in [6, 6.07) is 2.63. The summed E-state index contributed by atoms with van der Waals surface area (Å²) >= 11 is 3.81. The summed E-state index contributed by atoms with van der Waals surface area (Å²) < 4.78 is 1.44. The molecule has 0 fully saturated rings. The summed E-state index contributed by atoms with van der Waals surface area (Å²) in [7, 11) is 0. The zero-order valence-electron chi connectivity index (χ0n) is 10.7. The third kappa shape index (κ3) is 3.25. The monoisotopic (exact) mass is 271 g/mol. The van der Waals surface area contributed by atoms with Crippen LogP contribution in [0.5, 0.6) is 0 Å². The van der Waals surface area contributed by atoms with Crippen molar-refractivity contribution < 1.29 is 5.11 Å². The number of nitrogens with one attached hydrogen (secondary N) is 1. The third-order valence-corrected chi connectivity index (χ3v) is 5.74. The molecule has 2 nitrogen and oxygen atoms in total. The molecule has 0 saturated heterocycles. The Balaban J connectivity index is 2.03. The van der Waals surface area contributed by atoms with E-state index in [2.05, 4.69) is 23.7 Å². The fraction of sp³-hybridized carbons (Fsp3) is 0.692. The minimum atomic E-state index is -0.593. The van der Waals surface area contributed by atoms with Gasteiger partial charge in [0.1, 0.15) is 0 Å².